The number of urea groups is 1. The molecule has 0 aliphatic carbocycles. The van der Waals surface area contributed by atoms with Crippen molar-refractivity contribution in [1.29, 1.82) is 0 Å². The van der Waals surface area contributed by atoms with Gasteiger partial charge < -0.3 is 20.3 Å². The quantitative estimate of drug-likeness (QED) is 0.527. The minimum absolute atomic E-state index is 0.0543. The van der Waals surface area contributed by atoms with Crippen LogP contribution < -0.4 is 10.6 Å². The van der Waals surface area contributed by atoms with Crippen LogP contribution >= 0.6 is 11.6 Å². The molecule has 0 bridgehead atoms. The van der Waals surface area contributed by atoms with Gasteiger partial charge in [-0.25, -0.2) is 9.18 Å². The van der Waals surface area contributed by atoms with Crippen LogP contribution in [-0.2, 0) is 9.53 Å². The number of carbonyl (C=O) groups excluding carboxylic acids is 2. The third kappa shape index (κ3) is 5.32. The number of anilines is 2. The molecule has 170 valence electrons. The third-order valence-corrected chi connectivity index (χ3v) is 5.84. The highest BCUT2D eigenvalue weighted by atomic mass is 35.5. The second-order valence-corrected chi connectivity index (χ2v) is 8.18. The van der Waals surface area contributed by atoms with Crippen LogP contribution in [0.3, 0.4) is 0 Å². The van der Waals surface area contributed by atoms with Crippen LogP contribution in [0.2, 0.25) is 5.02 Å². The van der Waals surface area contributed by atoms with Gasteiger partial charge in [-0.2, -0.15) is 0 Å². The van der Waals surface area contributed by atoms with Crippen molar-refractivity contribution in [2.24, 2.45) is 0 Å². The highest BCUT2D eigenvalue weighted by molar-refractivity contribution is 6.30. The molecule has 4 rings (SSSR count). The molecule has 6 nitrogen and oxygen atoms in total. The molecular formula is C25H23ClFN3O3. The van der Waals surface area contributed by atoms with Gasteiger partial charge in [0.05, 0.1) is 11.8 Å². The molecule has 2 unspecified atom stereocenters. The van der Waals surface area contributed by atoms with E-state index in [1.807, 2.05) is 30.3 Å². The summed E-state index contributed by atoms with van der Waals surface area (Å²) in [5.74, 6) is -1.03. The van der Waals surface area contributed by atoms with Crippen molar-refractivity contribution in [1.82, 2.24) is 4.90 Å². The number of hydrogen-bond donors (Lipinski definition) is 2. The van der Waals surface area contributed by atoms with Gasteiger partial charge in [0.25, 0.3) is 0 Å². The highest BCUT2D eigenvalue weighted by Crippen LogP contribution is 2.27. The maximum Gasteiger partial charge on any atom is 0.322 e. The minimum Gasteiger partial charge on any atom is -0.380 e. The zero-order valence-corrected chi connectivity index (χ0v) is 18.7. The molecule has 0 spiro atoms. The number of nitrogens with one attached hydrogen (secondary N) is 2. The number of carbonyl (C=O) groups is 2. The highest BCUT2D eigenvalue weighted by Gasteiger charge is 2.40. The lowest BCUT2D eigenvalue weighted by Gasteiger charge is -2.24. The predicted molar refractivity (Wildman–Crippen MR) is 127 cm³/mol. The lowest BCUT2D eigenvalue weighted by Crippen LogP contribution is -2.45. The molecule has 8 heteroatoms. The van der Waals surface area contributed by atoms with Gasteiger partial charge in [0.1, 0.15) is 11.9 Å². The number of amides is 3. The van der Waals surface area contributed by atoms with E-state index >= 15 is 0 Å². The van der Waals surface area contributed by atoms with E-state index in [0.29, 0.717) is 22.7 Å². The van der Waals surface area contributed by atoms with E-state index in [2.05, 4.69) is 10.6 Å². The van der Waals surface area contributed by atoms with Gasteiger partial charge in [-0.3, -0.25) is 4.79 Å². The smallest absolute Gasteiger partial charge is 0.322 e. The van der Waals surface area contributed by atoms with Gasteiger partial charge in [0.15, 0.2) is 0 Å². The third-order valence-electron chi connectivity index (χ3n) is 5.59. The monoisotopic (exact) mass is 467 g/mol. The summed E-state index contributed by atoms with van der Waals surface area (Å²) in [6, 6.07) is 19.4. The van der Waals surface area contributed by atoms with Crippen LogP contribution in [0.4, 0.5) is 20.6 Å². The molecule has 2 N–H and O–H groups in total. The summed E-state index contributed by atoms with van der Waals surface area (Å²) in [5, 5.41) is 5.93. The van der Waals surface area contributed by atoms with Gasteiger partial charge in [-0.05, 0) is 47.5 Å². The first kappa shape index (κ1) is 22.8. The summed E-state index contributed by atoms with van der Waals surface area (Å²) in [6.45, 7) is 0.240. The van der Waals surface area contributed by atoms with E-state index in [4.69, 9.17) is 16.3 Å². The fourth-order valence-electron chi connectivity index (χ4n) is 3.81. The largest absolute Gasteiger partial charge is 0.380 e. The van der Waals surface area contributed by atoms with Crippen molar-refractivity contribution in [3.8, 4) is 11.1 Å². The summed E-state index contributed by atoms with van der Waals surface area (Å²) in [7, 11) is 1.53. The van der Waals surface area contributed by atoms with Crippen LogP contribution in [-0.4, -0.2) is 42.6 Å². The van der Waals surface area contributed by atoms with Gasteiger partial charge in [-0.1, -0.05) is 48.0 Å². The lowest BCUT2D eigenvalue weighted by molar-refractivity contribution is -0.119. The molecule has 0 radical (unpaired) electrons. The molecule has 3 aromatic carbocycles. The Morgan fingerprint density at radius 1 is 1.00 bits per heavy atom. The molecule has 33 heavy (non-hydrogen) atoms. The standard InChI is InChI=1S/C25H23ClFN3O3/c1-33-20-14-23(30(15-20)25(32)28-19-10-8-18(26)9-11-19)24(31)29-22-12-7-17(13-21(22)27)16-5-3-2-4-6-16/h2-13,20,23H,14-15H2,1H3,(H,28,32)(H,29,31). The Hall–Kier alpha value is -3.42. The SMILES string of the molecule is COC1CC(C(=O)Nc2ccc(-c3ccccc3)cc2F)N(C(=O)Nc2ccc(Cl)cc2)C1. The lowest BCUT2D eigenvalue weighted by atomic mass is 10.1. The van der Waals surface area contributed by atoms with Crippen LogP contribution in [0.1, 0.15) is 6.42 Å². The zero-order valence-electron chi connectivity index (χ0n) is 17.9. The second kappa shape index (κ2) is 10.0. The number of nitrogens with zero attached hydrogens (tertiary/aromatic N) is 1. The van der Waals surface area contributed by atoms with Crippen LogP contribution in [0, 0.1) is 5.82 Å². The molecule has 0 saturated carbocycles. The van der Waals surface area contributed by atoms with Crippen LogP contribution in [0.25, 0.3) is 11.1 Å². The number of ether oxygens (including phenoxy) is 1. The van der Waals surface area contributed by atoms with Gasteiger partial charge in [0.2, 0.25) is 5.91 Å². The fourth-order valence-corrected chi connectivity index (χ4v) is 3.94. The van der Waals surface area contributed by atoms with E-state index in [1.165, 1.54) is 24.1 Å². The van der Waals surface area contributed by atoms with Crippen LogP contribution in [0.5, 0.6) is 0 Å². The average Bonchev–Trinajstić information content (AvgIpc) is 3.27. The first-order chi connectivity index (χ1) is 15.9. The zero-order chi connectivity index (χ0) is 23.4. The van der Waals surface area contributed by atoms with E-state index in [9.17, 15) is 14.0 Å². The van der Waals surface area contributed by atoms with Crippen molar-refractivity contribution in [2.75, 3.05) is 24.3 Å². The molecule has 1 aliphatic heterocycles. The first-order valence-electron chi connectivity index (χ1n) is 10.5. The first-order valence-corrected chi connectivity index (χ1v) is 10.8. The topological polar surface area (TPSA) is 70.7 Å². The fraction of sp³-hybridized carbons (Fsp3) is 0.200. The number of hydrogen-bond acceptors (Lipinski definition) is 3. The van der Waals surface area contributed by atoms with Crippen molar-refractivity contribution in [3.05, 3.63) is 83.6 Å². The number of methoxy groups -OCH3 is 1. The molecule has 0 aromatic heterocycles. The Balaban J connectivity index is 1.48. The van der Waals surface area contributed by atoms with Crippen molar-refractivity contribution in [3.63, 3.8) is 0 Å². The van der Waals surface area contributed by atoms with Crippen LogP contribution in [0.15, 0.2) is 72.8 Å². The molecule has 1 heterocycles. The van der Waals surface area contributed by atoms with Crippen molar-refractivity contribution >= 4 is 34.9 Å². The summed E-state index contributed by atoms with van der Waals surface area (Å²) >= 11 is 5.89. The Morgan fingerprint density at radius 2 is 1.73 bits per heavy atom. The average molecular weight is 468 g/mol. The maximum atomic E-state index is 14.8. The predicted octanol–water partition coefficient (Wildman–Crippen LogP) is 5.41. The number of benzene rings is 3. The summed E-state index contributed by atoms with van der Waals surface area (Å²) in [4.78, 5) is 27.3. The Kier molecular flexibility index (Phi) is 6.91. The second-order valence-electron chi connectivity index (χ2n) is 7.75. The van der Waals surface area contributed by atoms with E-state index in [-0.39, 0.29) is 18.3 Å². The molecule has 2 atom stereocenters. The molecule has 1 fully saturated rings. The van der Waals surface area contributed by atoms with E-state index < -0.39 is 23.8 Å². The molecule has 3 aromatic rings. The van der Waals surface area contributed by atoms with Gasteiger partial charge >= 0.3 is 6.03 Å². The van der Waals surface area contributed by atoms with Gasteiger partial charge in [0, 0.05) is 30.8 Å². The number of rotatable bonds is 5. The molecule has 1 saturated heterocycles. The summed E-state index contributed by atoms with van der Waals surface area (Å²) in [6.07, 6.45) is 0.00196. The Morgan fingerprint density at radius 3 is 2.39 bits per heavy atom. The maximum absolute atomic E-state index is 14.8. The van der Waals surface area contributed by atoms with E-state index in [1.54, 1.807) is 30.3 Å². The van der Waals surface area contributed by atoms with E-state index in [0.717, 1.165) is 5.56 Å². The molecule has 3 amide bonds. The Labute approximate surface area is 196 Å². The van der Waals surface area contributed by atoms with Crippen molar-refractivity contribution in [2.45, 2.75) is 18.6 Å². The number of halogens is 2. The minimum atomic E-state index is -0.810. The summed E-state index contributed by atoms with van der Waals surface area (Å²) < 4.78 is 20.1. The van der Waals surface area contributed by atoms with Crippen molar-refractivity contribution < 1.29 is 18.7 Å². The Bertz CT molecular complexity index is 1140. The normalized spacial score (nSPS) is 17.6. The number of likely N-dealkylation sites (tertiary alicyclic amines) is 1. The van der Waals surface area contributed by atoms with Gasteiger partial charge in [-0.15, -0.1) is 0 Å². The summed E-state index contributed by atoms with van der Waals surface area (Å²) in [5.41, 5.74) is 2.18. The molecular weight excluding hydrogens is 445 g/mol. The molecule has 1 aliphatic rings.